The van der Waals surface area contributed by atoms with E-state index in [4.69, 9.17) is 4.98 Å². The summed E-state index contributed by atoms with van der Waals surface area (Å²) < 4.78 is 2.11. The van der Waals surface area contributed by atoms with Crippen LogP contribution in [0, 0.1) is 12.8 Å². The second kappa shape index (κ2) is 6.51. The zero-order chi connectivity index (χ0) is 17.4. The molecule has 25 heavy (non-hydrogen) atoms. The molecule has 130 valence electrons. The number of aromatic nitrogens is 2. The molecular formula is C21H25N3O. The molecule has 2 aromatic heterocycles. The summed E-state index contributed by atoms with van der Waals surface area (Å²) in [6, 6.07) is 3.87. The average molecular weight is 335 g/mol. The predicted octanol–water partition coefficient (Wildman–Crippen LogP) is 4.25. The number of fused-ring (bicyclic) bond motifs is 1. The van der Waals surface area contributed by atoms with Crippen molar-refractivity contribution in [3.8, 4) is 0 Å². The number of amides is 1. The number of hydrogen-bond acceptors (Lipinski definition) is 2. The monoisotopic (exact) mass is 335 g/mol. The van der Waals surface area contributed by atoms with Crippen LogP contribution in [0.15, 0.2) is 36.6 Å². The minimum atomic E-state index is 0.134. The van der Waals surface area contributed by atoms with Crippen LogP contribution in [0.1, 0.15) is 54.4 Å². The second-order valence-electron chi connectivity index (χ2n) is 7.28. The lowest BCUT2D eigenvalue weighted by atomic mass is 9.95. The maximum Gasteiger partial charge on any atom is 0.254 e. The van der Waals surface area contributed by atoms with Crippen LogP contribution in [0.3, 0.4) is 0 Å². The summed E-state index contributed by atoms with van der Waals surface area (Å²) in [5.41, 5.74) is 4.96. The van der Waals surface area contributed by atoms with Crippen LogP contribution in [-0.4, -0.2) is 33.3 Å². The van der Waals surface area contributed by atoms with E-state index in [0.717, 1.165) is 55.0 Å². The lowest BCUT2D eigenvalue weighted by Gasteiger charge is -2.26. The van der Waals surface area contributed by atoms with Gasteiger partial charge in [-0.3, -0.25) is 9.20 Å². The Labute approximate surface area is 148 Å². The van der Waals surface area contributed by atoms with Crippen LogP contribution < -0.4 is 0 Å². The third-order valence-electron chi connectivity index (χ3n) is 5.23. The van der Waals surface area contributed by atoms with Gasteiger partial charge in [0, 0.05) is 24.8 Å². The Morgan fingerprint density at radius 1 is 1.24 bits per heavy atom. The number of hydrogen-bond donors (Lipinski definition) is 0. The van der Waals surface area contributed by atoms with Gasteiger partial charge in [-0.25, -0.2) is 4.98 Å². The maximum atomic E-state index is 12.7. The van der Waals surface area contributed by atoms with E-state index in [1.165, 1.54) is 12.0 Å². The molecule has 4 nitrogen and oxygen atoms in total. The number of piperidine rings is 1. The van der Waals surface area contributed by atoms with Crippen molar-refractivity contribution in [2.75, 3.05) is 13.1 Å². The smallest absolute Gasteiger partial charge is 0.254 e. The third kappa shape index (κ3) is 3.01. The molecule has 4 heteroatoms. The summed E-state index contributed by atoms with van der Waals surface area (Å²) in [7, 11) is 0. The van der Waals surface area contributed by atoms with Gasteiger partial charge in [-0.1, -0.05) is 25.2 Å². The van der Waals surface area contributed by atoms with Crippen molar-refractivity contribution in [2.45, 2.75) is 39.5 Å². The molecule has 4 rings (SSSR count). The Kier molecular flexibility index (Phi) is 4.20. The van der Waals surface area contributed by atoms with Crippen LogP contribution in [0.25, 0.3) is 11.2 Å². The molecule has 0 N–H and O–H groups in total. The highest BCUT2D eigenvalue weighted by molar-refractivity contribution is 5.95. The van der Waals surface area contributed by atoms with Crippen LogP contribution >= 0.6 is 0 Å². The first-order chi connectivity index (χ1) is 12.1. The molecule has 0 spiro atoms. The second-order valence-corrected chi connectivity index (χ2v) is 7.28. The number of allylic oxidation sites excluding steroid dienone is 4. The Morgan fingerprint density at radius 2 is 2.04 bits per heavy atom. The van der Waals surface area contributed by atoms with Crippen LogP contribution in [0.2, 0.25) is 0 Å². The lowest BCUT2D eigenvalue weighted by molar-refractivity contribution is 0.0724. The van der Waals surface area contributed by atoms with E-state index in [-0.39, 0.29) is 5.91 Å². The molecule has 1 amide bonds. The topological polar surface area (TPSA) is 37.6 Å². The maximum absolute atomic E-state index is 12.7. The van der Waals surface area contributed by atoms with Gasteiger partial charge in [-0.15, -0.1) is 0 Å². The highest BCUT2D eigenvalue weighted by Crippen LogP contribution is 2.28. The molecule has 0 bridgehead atoms. The highest BCUT2D eigenvalue weighted by atomic mass is 16.2. The summed E-state index contributed by atoms with van der Waals surface area (Å²) in [5, 5.41) is 0. The fourth-order valence-electron chi connectivity index (χ4n) is 3.92. The Morgan fingerprint density at radius 3 is 2.80 bits per heavy atom. The van der Waals surface area contributed by atoms with E-state index in [0.29, 0.717) is 5.92 Å². The molecule has 1 fully saturated rings. The van der Waals surface area contributed by atoms with Gasteiger partial charge in [0.05, 0.1) is 11.4 Å². The zero-order valence-corrected chi connectivity index (χ0v) is 15.0. The Hall–Kier alpha value is -2.36. The van der Waals surface area contributed by atoms with E-state index in [9.17, 15) is 4.79 Å². The van der Waals surface area contributed by atoms with E-state index < -0.39 is 0 Å². The molecular weight excluding hydrogens is 310 g/mol. The summed E-state index contributed by atoms with van der Waals surface area (Å²) in [4.78, 5) is 19.4. The number of nitrogens with zero attached hydrogens (tertiary/aromatic N) is 3. The van der Waals surface area contributed by atoms with Crippen molar-refractivity contribution in [1.82, 2.24) is 14.3 Å². The van der Waals surface area contributed by atoms with Gasteiger partial charge in [0.15, 0.2) is 0 Å². The normalized spacial score (nSPS) is 20.8. The SMILES string of the molecule is Cc1nc2cc(C(=O)N3CCCCC3)ccn2c1C1=CC(C)CC=C1. The quantitative estimate of drug-likeness (QED) is 0.823. The molecule has 0 radical (unpaired) electrons. The molecule has 1 aliphatic carbocycles. The van der Waals surface area contributed by atoms with Crippen molar-refractivity contribution >= 4 is 17.1 Å². The van der Waals surface area contributed by atoms with Gasteiger partial charge >= 0.3 is 0 Å². The van der Waals surface area contributed by atoms with Gasteiger partial charge in [-0.2, -0.15) is 0 Å². The number of pyridine rings is 1. The molecule has 3 heterocycles. The van der Waals surface area contributed by atoms with Crippen LogP contribution in [0.5, 0.6) is 0 Å². The molecule has 1 saturated heterocycles. The first-order valence-corrected chi connectivity index (χ1v) is 9.30. The molecule has 2 aliphatic rings. The third-order valence-corrected chi connectivity index (χ3v) is 5.23. The molecule has 1 atom stereocenters. The van der Waals surface area contributed by atoms with Gasteiger partial charge in [0.25, 0.3) is 5.91 Å². The molecule has 1 aliphatic heterocycles. The van der Waals surface area contributed by atoms with Crippen molar-refractivity contribution in [3.05, 3.63) is 53.5 Å². The van der Waals surface area contributed by atoms with E-state index >= 15 is 0 Å². The minimum Gasteiger partial charge on any atom is -0.339 e. The first-order valence-electron chi connectivity index (χ1n) is 9.30. The molecule has 2 aromatic rings. The van der Waals surface area contributed by atoms with Gasteiger partial charge in [0.1, 0.15) is 5.65 Å². The molecule has 0 saturated carbocycles. The number of aryl methyl sites for hydroxylation is 1. The van der Waals surface area contributed by atoms with Crippen molar-refractivity contribution in [2.24, 2.45) is 5.92 Å². The van der Waals surface area contributed by atoms with E-state index in [2.05, 4.69) is 29.6 Å². The summed E-state index contributed by atoms with van der Waals surface area (Å²) in [6.45, 7) is 6.02. The van der Waals surface area contributed by atoms with Gasteiger partial charge in [0.2, 0.25) is 0 Å². The summed E-state index contributed by atoms with van der Waals surface area (Å²) in [6.07, 6.45) is 13.3. The fourth-order valence-corrected chi connectivity index (χ4v) is 3.92. The number of likely N-dealkylation sites (tertiary alicyclic amines) is 1. The Balaban J connectivity index is 1.71. The van der Waals surface area contributed by atoms with Crippen molar-refractivity contribution < 1.29 is 4.79 Å². The predicted molar refractivity (Wildman–Crippen MR) is 101 cm³/mol. The summed E-state index contributed by atoms with van der Waals surface area (Å²) >= 11 is 0. The first kappa shape index (κ1) is 16.1. The average Bonchev–Trinajstić information content (AvgIpc) is 2.96. The van der Waals surface area contributed by atoms with Crippen molar-refractivity contribution in [3.63, 3.8) is 0 Å². The van der Waals surface area contributed by atoms with Crippen LogP contribution in [-0.2, 0) is 0 Å². The highest BCUT2D eigenvalue weighted by Gasteiger charge is 2.20. The number of rotatable bonds is 2. The molecule has 1 unspecified atom stereocenters. The van der Waals surface area contributed by atoms with Gasteiger partial charge < -0.3 is 4.90 Å². The summed E-state index contributed by atoms with van der Waals surface area (Å²) in [5.74, 6) is 0.680. The number of imidazole rings is 1. The minimum absolute atomic E-state index is 0.134. The van der Waals surface area contributed by atoms with Crippen molar-refractivity contribution in [1.29, 1.82) is 0 Å². The number of carbonyl (C=O) groups is 1. The van der Waals surface area contributed by atoms with Gasteiger partial charge in [-0.05, 0) is 56.2 Å². The Bertz CT molecular complexity index is 869. The van der Waals surface area contributed by atoms with Crippen LogP contribution in [0.4, 0.5) is 0 Å². The lowest BCUT2D eigenvalue weighted by Crippen LogP contribution is -2.35. The van der Waals surface area contributed by atoms with E-state index in [1.54, 1.807) is 0 Å². The fraction of sp³-hybridized carbons (Fsp3) is 0.429. The van der Waals surface area contributed by atoms with E-state index in [1.807, 2.05) is 30.2 Å². The standard InChI is InChI=1S/C21H25N3O/c1-15-7-6-8-17(13-15)20-16(2)22-19-14-18(9-12-24(19)20)21(25)23-10-4-3-5-11-23/h6,8-9,12-15H,3-5,7,10-11H2,1-2H3. The zero-order valence-electron chi connectivity index (χ0n) is 15.0. The largest absolute Gasteiger partial charge is 0.339 e. The number of carbonyl (C=O) groups excluding carboxylic acids is 1. The molecule has 0 aromatic carbocycles.